The lowest BCUT2D eigenvalue weighted by Gasteiger charge is -2.18. The monoisotopic (exact) mass is 971 g/mol. The molecule has 0 aromatic carbocycles. The van der Waals surface area contributed by atoms with Gasteiger partial charge in [-0.25, -0.2) is 0 Å². The van der Waals surface area contributed by atoms with Crippen LogP contribution < -0.4 is 0 Å². The van der Waals surface area contributed by atoms with Crippen molar-refractivity contribution in [2.24, 2.45) is 0 Å². The van der Waals surface area contributed by atoms with Crippen molar-refractivity contribution in [1.29, 1.82) is 0 Å². The van der Waals surface area contributed by atoms with E-state index in [1.165, 1.54) is 96.3 Å². The fourth-order valence-electron chi connectivity index (χ4n) is 7.75. The number of allylic oxidation sites excluding steroid dienone is 18. The van der Waals surface area contributed by atoms with E-state index < -0.39 is 6.10 Å². The predicted molar refractivity (Wildman–Crippen MR) is 302 cm³/mol. The highest BCUT2D eigenvalue weighted by atomic mass is 16.6. The maximum Gasteiger partial charge on any atom is 0.306 e. The van der Waals surface area contributed by atoms with Crippen LogP contribution in [0.5, 0.6) is 0 Å². The lowest BCUT2D eigenvalue weighted by Crippen LogP contribution is -2.30. The first-order valence-electron chi connectivity index (χ1n) is 28.9. The topological polar surface area (TPSA) is 78.9 Å². The van der Waals surface area contributed by atoms with Crippen LogP contribution in [0.2, 0.25) is 0 Å². The molecule has 0 aromatic rings. The molecular formula is C64H106O6. The molecule has 1 atom stereocenters. The Kier molecular flexibility index (Phi) is 54.4. The Morgan fingerprint density at radius 3 is 0.900 bits per heavy atom. The molecule has 0 aliphatic carbocycles. The molecule has 398 valence electrons. The summed E-state index contributed by atoms with van der Waals surface area (Å²) in [6.07, 6.45) is 77.9. The Hall–Kier alpha value is -3.93. The number of rotatable bonds is 51. The number of carbonyl (C=O) groups is 3. The van der Waals surface area contributed by atoms with Crippen LogP contribution in [0.4, 0.5) is 0 Å². The molecule has 0 saturated carbocycles. The van der Waals surface area contributed by atoms with Gasteiger partial charge in [0.15, 0.2) is 6.10 Å². The Bertz CT molecular complexity index is 1440. The number of hydrogen-bond acceptors (Lipinski definition) is 6. The normalized spacial score (nSPS) is 12.9. The predicted octanol–water partition coefficient (Wildman–Crippen LogP) is 19.5. The zero-order valence-electron chi connectivity index (χ0n) is 45.5. The highest BCUT2D eigenvalue weighted by Gasteiger charge is 2.19. The SMILES string of the molecule is CC/C=C\C/C=C\C/C=C\C/C=C\C/C=C\CCCCCCCCCC(=O)OCC(COC(=O)CCCCCCCCCCCCCCCC)OC(=O)CCCC/C=C\C/C=C\C/C=C\C/C=C\CC. The summed E-state index contributed by atoms with van der Waals surface area (Å²) in [5.41, 5.74) is 0. The zero-order chi connectivity index (χ0) is 50.7. The smallest absolute Gasteiger partial charge is 0.306 e. The van der Waals surface area contributed by atoms with Crippen molar-refractivity contribution in [3.05, 3.63) is 109 Å². The van der Waals surface area contributed by atoms with E-state index in [1.807, 2.05) is 0 Å². The van der Waals surface area contributed by atoms with E-state index in [4.69, 9.17) is 14.2 Å². The molecule has 70 heavy (non-hydrogen) atoms. The Balaban J connectivity index is 4.42. The molecule has 0 aliphatic rings. The van der Waals surface area contributed by atoms with Crippen molar-refractivity contribution in [3.8, 4) is 0 Å². The Morgan fingerprint density at radius 1 is 0.300 bits per heavy atom. The molecule has 0 aromatic heterocycles. The standard InChI is InChI=1S/C64H106O6/c1-4-7-10-13-16-19-22-25-28-29-30-31-32-33-34-35-37-39-42-45-48-51-54-57-63(66)69-60-61(59-68-62(65)56-53-50-47-44-41-38-27-24-21-18-15-12-9-6-3)70-64(67)58-55-52-49-46-43-40-36-26-23-20-17-14-11-8-5-2/h7-8,10-11,16-17,19-20,25-26,28,30-31,33-34,36,43,46,61H,4-6,9,12-15,18,21-24,27,29,32,35,37-42,44-45,47-60H2,1-3H3/b10-7-,11-8-,19-16-,20-17-,28-25-,31-30-,34-33-,36-26-,46-43-. The van der Waals surface area contributed by atoms with Crippen molar-refractivity contribution in [2.75, 3.05) is 13.2 Å². The van der Waals surface area contributed by atoms with Gasteiger partial charge in [0.2, 0.25) is 0 Å². The van der Waals surface area contributed by atoms with E-state index >= 15 is 0 Å². The van der Waals surface area contributed by atoms with Crippen LogP contribution in [0.3, 0.4) is 0 Å². The summed E-state index contributed by atoms with van der Waals surface area (Å²) in [5, 5.41) is 0. The van der Waals surface area contributed by atoms with Gasteiger partial charge in [0.25, 0.3) is 0 Å². The van der Waals surface area contributed by atoms with E-state index in [2.05, 4.69) is 130 Å². The van der Waals surface area contributed by atoms with E-state index in [1.54, 1.807) is 0 Å². The number of unbranched alkanes of at least 4 members (excludes halogenated alkanes) is 22. The quantitative estimate of drug-likeness (QED) is 0.0262. The summed E-state index contributed by atoms with van der Waals surface area (Å²) in [6.45, 7) is 6.37. The molecule has 0 amide bonds. The molecule has 0 spiro atoms. The minimum Gasteiger partial charge on any atom is -0.462 e. The molecule has 0 heterocycles. The van der Waals surface area contributed by atoms with Crippen molar-refractivity contribution in [2.45, 2.75) is 264 Å². The van der Waals surface area contributed by atoms with Crippen molar-refractivity contribution in [1.82, 2.24) is 0 Å². The third-order valence-electron chi connectivity index (χ3n) is 12.0. The first kappa shape index (κ1) is 66.1. The van der Waals surface area contributed by atoms with Crippen LogP contribution in [-0.4, -0.2) is 37.2 Å². The second kappa shape index (κ2) is 57.6. The minimum absolute atomic E-state index is 0.0977. The van der Waals surface area contributed by atoms with Gasteiger partial charge in [-0.1, -0.05) is 246 Å². The molecule has 0 fully saturated rings. The van der Waals surface area contributed by atoms with Crippen LogP contribution in [0.1, 0.15) is 258 Å². The molecule has 0 radical (unpaired) electrons. The molecule has 0 bridgehead atoms. The average molecular weight is 972 g/mol. The maximum absolute atomic E-state index is 12.8. The Morgan fingerprint density at radius 2 is 0.557 bits per heavy atom. The fourth-order valence-corrected chi connectivity index (χ4v) is 7.75. The van der Waals surface area contributed by atoms with Crippen LogP contribution in [0.25, 0.3) is 0 Å². The molecular weight excluding hydrogens is 865 g/mol. The van der Waals surface area contributed by atoms with Gasteiger partial charge in [0.1, 0.15) is 13.2 Å². The van der Waals surface area contributed by atoms with Crippen LogP contribution >= 0.6 is 0 Å². The first-order valence-corrected chi connectivity index (χ1v) is 28.9. The zero-order valence-corrected chi connectivity index (χ0v) is 45.5. The highest BCUT2D eigenvalue weighted by Crippen LogP contribution is 2.15. The van der Waals surface area contributed by atoms with Gasteiger partial charge in [0, 0.05) is 19.3 Å². The maximum atomic E-state index is 12.8. The van der Waals surface area contributed by atoms with Crippen molar-refractivity contribution in [3.63, 3.8) is 0 Å². The molecule has 6 nitrogen and oxygen atoms in total. The van der Waals surface area contributed by atoms with E-state index in [9.17, 15) is 14.4 Å². The van der Waals surface area contributed by atoms with Gasteiger partial charge in [-0.2, -0.15) is 0 Å². The number of hydrogen-bond donors (Lipinski definition) is 0. The van der Waals surface area contributed by atoms with Gasteiger partial charge in [-0.05, 0) is 103 Å². The second-order valence-corrected chi connectivity index (χ2v) is 18.8. The lowest BCUT2D eigenvalue weighted by molar-refractivity contribution is -0.167. The van der Waals surface area contributed by atoms with Crippen molar-refractivity contribution < 1.29 is 28.6 Å². The first-order chi connectivity index (χ1) is 34.5. The summed E-state index contributed by atoms with van der Waals surface area (Å²) >= 11 is 0. The third-order valence-corrected chi connectivity index (χ3v) is 12.0. The van der Waals surface area contributed by atoms with Crippen LogP contribution in [0, 0.1) is 0 Å². The molecule has 1 unspecified atom stereocenters. The van der Waals surface area contributed by atoms with Crippen molar-refractivity contribution >= 4 is 17.9 Å². The van der Waals surface area contributed by atoms with Gasteiger partial charge in [-0.3, -0.25) is 14.4 Å². The minimum atomic E-state index is -0.805. The van der Waals surface area contributed by atoms with Gasteiger partial charge in [0.05, 0.1) is 0 Å². The molecule has 0 N–H and O–H groups in total. The summed E-state index contributed by atoms with van der Waals surface area (Å²) in [6, 6.07) is 0. The number of ether oxygens (including phenoxy) is 3. The average Bonchev–Trinajstić information content (AvgIpc) is 3.36. The molecule has 0 saturated heterocycles. The summed E-state index contributed by atoms with van der Waals surface area (Å²) in [4.78, 5) is 38.1. The number of esters is 3. The van der Waals surface area contributed by atoms with Crippen LogP contribution in [-0.2, 0) is 28.6 Å². The van der Waals surface area contributed by atoms with Crippen LogP contribution in [0.15, 0.2) is 109 Å². The van der Waals surface area contributed by atoms with E-state index in [0.29, 0.717) is 19.3 Å². The third kappa shape index (κ3) is 55.0. The van der Waals surface area contributed by atoms with Gasteiger partial charge in [-0.15, -0.1) is 0 Å². The van der Waals surface area contributed by atoms with E-state index in [0.717, 1.165) is 116 Å². The van der Waals surface area contributed by atoms with Gasteiger partial charge >= 0.3 is 17.9 Å². The largest absolute Gasteiger partial charge is 0.462 e. The lowest BCUT2D eigenvalue weighted by atomic mass is 10.0. The molecule has 0 aliphatic heterocycles. The summed E-state index contributed by atoms with van der Waals surface area (Å²) < 4.78 is 16.8. The molecule has 6 heteroatoms. The van der Waals surface area contributed by atoms with E-state index in [-0.39, 0.29) is 37.5 Å². The van der Waals surface area contributed by atoms with Gasteiger partial charge < -0.3 is 14.2 Å². The summed E-state index contributed by atoms with van der Waals surface area (Å²) in [5.74, 6) is -0.949. The fraction of sp³-hybridized carbons (Fsp3) is 0.672. The second-order valence-electron chi connectivity index (χ2n) is 18.8. The molecule has 0 rings (SSSR count). The Labute approximate surface area is 431 Å². The summed E-state index contributed by atoms with van der Waals surface area (Å²) in [7, 11) is 0. The number of carbonyl (C=O) groups excluding carboxylic acids is 3. The highest BCUT2D eigenvalue weighted by molar-refractivity contribution is 5.71.